The molecule has 0 saturated carbocycles. The number of rotatable bonds is 5. The predicted molar refractivity (Wildman–Crippen MR) is 98.1 cm³/mol. The number of ether oxygens (including phenoxy) is 2. The molecule has 0 radical (unpaired) electrons. The number of carbonyl (C=O) groups is 2. The maximum Gasteiger partial charge on any atom is 0.352 e. The molecule has 27 heavy (non-hydrogen) atoms. The standard InChI is InChI=1S/C21H20O6/c1-4-25-20(23)18(21(24)26-5-2)17-13-14(3)27-19(22)16(17)12-11-15-9-7-6-8-10-15/h6-10,13,18H,4-5H2,1-3H3. The van der Waals surface area contributed by atoms with E-state index in [9.17, 15) is 14.4 Å². The molecule has 0 fully saturated rings. The second-order valence-electron chi connectivity index (χ2n) is 5.53. The van der Waals surface area contributed by atoms with Crippen LogP contribution in [0.15, 0.2) is 45.6 Å². The van der Waals surface area contributed by atoms with E-state index in [1.54, 1.807) is 32.9 Å². The van der Waals surface area contributed by atoms with Crippen molar-refractivity contribution in [3.05, 3.63) is 69.3 Å². The lowest BCUT2D eigenvalue weighted by atomic mass is 9.95. The van der Waals surface area contributed by atoms with E-state index < -0.39 is 23.5 Å². The first-order valence-electron chi connectivity index (χ1n) is 8.52. The van der Waals surface area contributed by atoms with Crippen molar-refractivity contribution in [2.45, 2.75) is 26.7 Å². The summed E-state index contributed by atoms with van der Waals surface area (Å²) >= 11 is 0. The molecule has 2 rings (SSSR count). The molecule has 1 aromatic heterocycles. The van der Waals surface area contributed by atoms with Crippen LogP contribution < -0.4 is 5.63 Å². The number of carbonyl (C=O) groups excluding carboxylic acids is 2. The third-order valence-electron chi connectivity index (χ3n) is 3.57. The fraction of sp³-hybridized carbons (Fsp3) is 0.286. The molecule has 0 spiro atoms. The molecule has 6 heteroatoms. The van der Waals surface area contributed by atoms with Crippen molar-refractivity contribution in [2.24, 2.45) is 0 Å². The van der Waals surface area contributed by atoms with E-state index in [1.165, 1.54) is 6.07 Å². The zero-order chi connectivity index (χ0) is 19.8. The number of esters is 2. The van der Waals surface area contributed by atoms with Gasteiger partial charge in [-0.05, 0) is 39.0 Å². The SMILES string of the molecule is CCOC(=O)C(C(=O)OCC)c1cc(C)oc(=O)c1C#Cc1ccccc1. The second-order valence-corrected chi connectivity index (χ2v) is 5.53. The van der Waals surface area contributed by atoms with E-state index in [0.29, 0.717) is 5.56 Å². The Morgan fingerprint density at radius 3 is 2.19 bits per heavy atom. The second kappa shape index (κ2) is 9.39. The topological polar surface area (TPSA) is 82.8 Å². The summed E-state index contributed by atoms with van der Waals surface area (Å²) in [6.45, 7) is 4.97. The van der Waals surface area contributed by atoms with Crippen LogP contribution in [0.1, 0.15) is 42.2 Å². The van der Waals surface area contributed by atoms with Crippen LogP contribution in [0.2, 0.25) is 0 Å². The van der Waals surface area contributed by atoms with Crippen LogP contribution in [0.5, 0.6) is 0 Å². The molecule has 2 aromatic rings. The Bertz CT molecular complexity index is 913. The highest BCUT2D eigenvalue weighted by atomic mass is 16.6. The van der Waals surface area contributed by atoms with Gasteiger partial charge < -0.3 is 13.9 Å². The number of aryl methyl sites for hydroxylation is 1. The molecule has 6 nitrogen and oxygen atoms in total. The predicted octanol–water partition coefficient (Wildman–Crippen LogP) is 2.56. The number of hydrogen-bond acceptors (Lipinski definition) is 6. The van der Waals surface area contributed by atoms with Crippen LogP contribution in [0.4, 0.5) is 0 Å². The van der Waals surface area contributed by atoms with Gasteiger partial charge in [0, 0.05) is 11.1 Å². The van der Waals surface area contributed by atoms with Crippen LogP contribution in [0.3, 0.4) is 0 Å². The Kier molecular flexibility index (Phi) is 6.95. The maximum atomic E-state index is 12.4. The molecule has 0 saturated heterocycles. The van der Waals surface area contributed by atoms with Crippen molar-refractivity contribution >= 4 is 11.9 Å². The van der Waals surface area contributed by atoms with Gasteiger partial charge in [-0.15, -0.1) is 0 Å². The lowest BCUT2D eigenvalue weighted by Crippen LogP contribution is -2.28. The van der Waals surface area contributed by atoms with Gasteiger partial charge >= 0.3 is 17.6 Å². The van der Waals surface area contributed by atoms with Gasteiger partial charge in [-0.2, -0.15) is 0 Å². The van der Waals surface area contributed by atoms with Gasteiger partial charge in [0.25, 0.3) is 0 Å². The fourth-order valence-corrected chi connectivity index (χ4v) is 2.44. The molecule has 140 valence electrons. The molecular formula is C21H20O6. The summed E-state index contributed by atoms with van der Waals surface area (Å²) in [5, 5.41) is 0. The molecule has 0 aliphatic heterocycles. The van der Waals surface area contributed by atoms with E-state index in [1.807, 2.05) is 18.2 Å². The fourth-order valence-electron chi connectivity index (χ4n) is 2.44. The first-order valence-corrected chi connectivity index (χ1v) is 8.52. The Hall–Kier alpha value is -3.33. The van der Waals surface area contributed by atoms with E-state index in [2.05, 4.69) is 11.8 Å². The van der Waals surface area contributed by atoms with Crippen LogP contribution in [0.25, 0.3) is 0 Å². The third kappa shape index (κ3) is 5.08. The molecule has 0 atom stereocenters. The number of hydrogen-bond donors (Lipinski definition) is 0. The summed E-state index contributed by atoms with van der Waals surface area (Å²) in [6.07, 6.45) is 0. The molecule has 1 heterocycles. The summed E-state index contributed by atoms with van der Waals surface area (Å²) in [5.41, 5.74) is -0.0149. The monoisotopic (exact) mass is 368 g/mol. The highest BCUT2D eigenvalue weighted by Crippen LogP contribution is 2.23. The van der Waals surface area contributed by atoms with E-state index in [-0.39, 0.29) is 30.1 Å². The summed E-state index contributed by atoms with van der Waals surface area (Å²) in [7, 11) is 0. The van der Waals surface area contributed by atoms with Crippen molar-refractivity contribution in [1.29, 1.82) is 0 Å². The van der Waals surface area contributed by atoms with Gasteiger partial charge in [0.1, 0.15) is 11.3 Å². The summed E-state index contributed by atoms with van der Waals surface area (Å²) < 4.78 is 15.1. The third-order valence-corrected chi connectivity index (χ3v) is 3.57. The lowest BCUT2D eigenvalue weighted by Gasteiger charge is -2.16. The largest absolute Gasteiger partial charge is 0.465 e. The lowest BCUT2D eigenvalue weighted by molar-refractivity contribution is -0.156. The Morgan fingerprint density at radius 1 is 1.04 bits per heavy atom. The minimum absolute atomic E-state index is 0.0736. The zero-order valence-corrected chi connectivity index (χ0v) is 15.4. The Balaban J connectivity index is 2.62. The van der Waals surface area contributed by atoms with E-state index in [0.717, 1.165) is 0 Å². The Labute approximate surface area is 157 Å². The van der Waals surface area contributed by atoms with Crippen LogP contribution in [0, 0.1) is 18.8 Å². The molecule has 0 N–H and O–H groups in total. The van der Waals surface area contributed by atoms with Gasteiger partial charge in [0.15, 0.2) is 5.92 Å². The van der Waals surface area contributed by atoms with Gasteiger partial charge in [-0.25, -0.2) is 4.79 Å². The van der Waals surface area contributed by atoms with Crippen LogP contribution in [-0.4, -0.2) is 25.2 Å². The van der Waals surface area contributed by atoms with Gasteiger partial charge in [0.2, 0.25) is 0 Å². The average Bonchev–Trinajstić information content (AvgIpc) is 2.62. The molecule has 1 aromatic carbocycles. The highest BCUT2D eigenvalue weighted by Gasteiger charge is 2.34. The first-order chi connectivity index (χ1) is 13.0. The summed E-state index contributed by atoms with van der Waals surface area (Å²) in [5.74, 6) is 2.81. The van der Waals surface area contributed by atoms with E-state index in [4.69, 9.17) is 13.9 Å². The Morgan fingerprint density at radius 2 is 1.63 bits per heavy atom. The van der Waals surface area contributed by atoms with Crippen molar-refractivity contribution < 1.29 is 23.5 Å². The van der Waals surface area contributed by atoms with E-state index >= 15 is 0 Å². The normalized spacial score (nSPS) is 10.1. The molecule has 0 aliphatic carbocycles. The van der Waals surface area contributed by atoms with Crippen LogP contribution >= 0.6 is 0 Å². The summed E-state index contributed by atoms with van der Waals surface area (Å²) in [6, 6.07) is 10.4. The number of benzene rings is 1. The van der Waals surface area contributed by atoms with Crippen molar-refractivity contribution in [2.75, 3.05) is 13.2 Å². The van der Waals surface area contributed by atoms with Gasteiger partial charge in [-0.1, -0.05) is 30.0 Å². The molecular weight excluding hydrogens is 348 g/mol. The maximum absolute atomic E-state index is 12.4. The van der Waals surface area contributed by atoms with Crippen molar-refractivity contribution in [3.8, 4) is 11.8 Å². The highest BCUT2D eigenvalue weighted by molar-refractivity contribution is 6.01. The first kappa shape index (κ1) is 20.0. The zero-order valence-electron chi connectivity index (χ0n) is 15.4. The summed E-state index contributed by atoms with van der Waals surface area (Å²) in [4.78, 5) is 37.2. The molecule has 0 aliphatic rings. The quantitative estimate of drug-likeness (QED) is 0.458. The minimum Gasteiger partial charge on any atom is -0.465 e. The molecule has 0 unspecified atom stereocenters. The molecule has 0 bridgehead atoms. The molecule has 0 amide bonds. The average molecular weight is 368 g/mol. The van der Waals surface area contributed by atoms with Gasteiger partial charge in [0.05, 0.1) is 13.2 Å². The minimum atomic E-state index is -1.41. The van der Waals surface area contributed by atoms with Crippen LogP contribution in [-0.2, 0) is 19.1 Å². The van der Waals surface area contributed by atoms with Crippen molar-refractivity contribution in [1.82, 2.24) is 0 Å². The van der Waals surface area contributed by atoms with Crippen molar-refractivity contribution in [3.63, 3.8) is 0 Å². The smallest absolute Gasteiger partial charge is 0.352 e. The van der Waals surface area contributed by atoms with Gasteiger partial charge in [-0.3, -0.25) is 9.59 Å².